The van der Waals surface area contributed by atoms with Crippen LogP contribution in [0.1, 0.15) is 46.5 Å². The highest BCUT2D eigenvalue weighted by atomic mass is 16.6. The van der Waals surface area contributed by atoms with E-state index >= 15 is 0 Å². The van der Waals surface area contributed by atoms with Crippen LogP contribution in [0.25, 0.3) is 0 Å². The van der Waals surface area contributed by atoms with Crippen molar-refractivity contribution in [2.45, 2.75) is 52.1 Å². The number of carbonyl (C=O) groups is 1. The Morgan fingerprint density at radius 2 is 2.25 bits per heavy atom. The van der Waals surface area contributed by atoms with Crippen LogP contribution in [0.4, 0.5) is 0 Å². The first kappa shape index (κ1) is 9.56. The van der Waals surface area contributed by atoms with Crippen LogP contribution in [0.3, 0.4) is 0 Å². The van der Waals surface area contributed by atoms with E-state index in [9.17, 15) is 4.79 Å². The minimum absolute atomic E-state index is 0.00782. The van der Waals surface area contributed by atoms with E-state index in [0.29, 0.717) is 0 Å². The number of ether oxygens (including phenoxy) is 1. The number of hydrogen-bond acceptors (Lipinski definition) is 2. The molecule has 0 bridgehead atoms. The maximum Gasteiger partial charge on any atom is 0.309 e. The van der Waals surface area contributed by atoms with Crippen LogP contribution in [0.2, 0.25) is 0 Å². The molecular formula is C10H18O2. The minimum atomic E-state index is -0.213. The molecule has 1 saturated heterocycles. The summed E-state index contributed by atoms with van der Waals surface area (Å²) in [7, 11) is 0. The molecule has 1 heterocycles. The Morgan fingerprint density at radius 1 is 1.58 bits per heavy atom. The first-order valence-electron chi connectivity index (χ1n) is 4.78. The van der Waals surface area contributed by atoms with Crippen molar-refractivity contribution >= 4 is 5.97 Å². The van der Waals surface area contributed by atoms with Gasteiger partial charge in [-0.15, -0.1) is 0 Å². The van der Waals surface area contributed by atoms with Gasteiger partial charge in [-0.1, -0.05) is 19.8 Å². The smallest absolute Gasteiger partial charge is 0.309 e. The summed E-state index contributed by atoms with van der Waals surface area (Å²) in [4.78, 5) is 11.3. The van der Waals surface area contributed by atoms with Gasteiger partial charge in [-0.05, 0) is 26.7 Å². The Hall–Kier alpha value is -0.530. The van der Waals surface area contributed by atoms with Crippen molar-refractivity contribution in [3.05, 3.63) is 0 Å². The van der Waals surface area contributed by atoms with Crippen LogP contribution in [-0.4, -0.2) is 11.6 Å². The van der Waals surface area contributed by atoms with Crippen molar-refractivity contribution in [1.82, 2.24) is 0 Å². The summed E-state index contributed by atoms with van der Waals surface area (Å²) in [5.74, 6) is 0.174. The van der Waals surface area contributed by atoms with Gasteiger partial charge in [-0.3, -0.25) is 4.79 Å². The number of cyclic esters (lactones) is 1. The van der Waals surface area contributed by atoms with Crippen LogP contribution in [-0.2, 0) is 9.53 Å². The Kier molecular flexibility index (Phi) is 2.76. The lowest BCUT2D eigenvalue weighted by molar-refractivity contribution is -0.148. The van der Waals surface area contributed by atoms with Gasteiger partial charge in [-0.2, -0.15) is 0 Å². The molecule has 1 fully saturated rings. The molecule has 1 atom stereocenters. The van der Waals surface area contributed by atoms with Gasteiger partial charge >= 0.3 is 5.97 Å². The van der Waals surface area contributed by atoms with Crippen molar-refractivity contribution in [2.75, 3.05) is 0 Å². The van der Waals surface area contributed by atoms with Gasteiger partial charge < -0.3 is 4.74 Å². The first-order valence-corrected chi connectivity index (χ1v) is 4.78. The van der Waals surface area contributed by atoms with E-state index in [0.717, 1.165) is 25.7 Å². The Bertz CT molecular complexity index is 173. The summed E-state index contributed by atoms with van der Waals surface area (Å²) in [5, 5.41) is 0. The van der Waals surface area contributed by atoms with E-state index in [1.54, 1.807) is 0 Å². The maximum atomic E-state index is 11.3. The lowest BCUT2D eigenvalue weighted by Gasteiger charge is -2.14. The second kappa shape index (κ2) is 3.46. The summed E-state index contributed by atoms with van der Waals surface area (Å²) in [5.41, 5.74) is -0.213. The standard InChI is InChI=1S/C10H18O2/c1-4-5-6-8-7-10(2,3)12-9(8)11/h8H,4-7H2,1-3H3. The second-order valence-corrected chi connectivity index (χ2v) is 4.22. The van der Waals surface area contributed by atoms with Crippen molar-refractivity contribution in [3.63, 3.8) is 0 Å². The third kappa shape index (κ3) is 2.23. The monoisotopic (exact) mass is 170 g/mol. The zero-order chi connectivity index (χ0) is 9.19. The highest BCUT2D eigenvalue weighted by Gasteiger charge is 2.39. The third-order valence-corrected chi connectivity index (χ3v) is 2.35. The van der Waals surface area contributed by atoms with Crippen LogP contribution < -0.4 is 0 Å². The first-order chi connectivity index (χ1) is 5.55. The number of rotatable bonds is 3. The van der Waals surface area contributed by atoms with Gasteiger partial charge in [0.1, 0.15) is 5.60 Å². The average Bonchev–Trinajstić information content (AvgIpc) is 2.20. The molecule has 0 aliphatic carbocycles. The van der Waals surface area contributed by atoms with Gasteiger partial charge in [0, 0.05) is 0 Å². The zero-order valence-corrected chi connectivity index (χ0v) is 8.22. The van der Waals surface area contributed by atoms with Crippen LogP contribution in [0.5, 0.6) is 0 Å². The molecule has 70 valence electrons. The molecule has 2 nitrogen and oxygen atoms in total. The summed E-state index contributed by atoms with van der Waals surface area (Å²) in [6, 6.07) is 0. The van der Waals surface area contributed by atoms with Crippen molar-refractivity contribution < 1.29 is 9.53 Å². The summed E-state index contributed by atoms with van der Waals surface area (Å²) in [6.07, 6.45) is 4.19. The molecular weight excluding hydrogens is 152 g/mol. The molecule has 0 N–H and O–H groups in total. The summed E-state index contributed by atoms with van der Waals surface area (Å²) < 4.78 is 5.22. The van der Waals surface area contributed by atoms with E-state index in [2.05, 4.69) is 6.92 Å². The maximum absolute atomic E-state index is 11.3. The Labute approximate surface area is 74.3 Å². The number of hydrogen-bond donors (Lipinski definition) is 0. The van der Waals surface area contributed by atoms with Crippen LogP contribution in [0.15, 0.2) is 0 Å². The topological polar surface area (TPSA) is 26.3 Å². The fourth-order valence-electron chi connectivity index (χ4n) is 1.74. The van der Waals surface area contributed by atoms with E-state index < -0.39 is 0 Å². The molecule has 12 heavy (non-hydrogen) atoms. The molecule has 0 spiro atoms. The van der Waals surface area contributed by atoms with Gasteiger partial charge in [0.15, 0.2) is 0 Å². The van der Waals surface area contributed by atoms with E-state index in [-0.39, 0.29) is 17.5 Å². The molecule has 1 rings (SSSR count). The van der Waals surface area contributed by atoms with Crippen molar-refractivity contribution in [2.24, 2.45) is 5.92 Å². The molecule has 0 saturated carbocycles. The lowest BCUT2D eigenvalue weighted by atomic mass is 9.93. The molecule has 0 aromatic heterocycles. The number of unbranched alkanes of at least 4 members (excludes halogenated alkanes) is 1. The van der Waals surface area contributed by atoms with Crippen LogP contribution in [0, 0.1) is 5.92 Å². The van der Waals surface area contributed by atoms with Gasteiger partial charge in [0.05, 0.1) is 5.92 Å². The lowest BCUT2D eigenvalue weighted by Crippen LogP contribution is -2.17. The molecule has 0 aromatic carbocycles. The number of carbonyl (C=O) groups excluding carboxylic acids is 1. The average molecular weight is 170 g/mol. The molecule has 2 heteroatoms. The fraction of sp³-hybridized carbons (Fsp3) is 0.900. The SMILES string of the molecule is CCCCC1CC(C)(C)OC1=O. The summed E-state index contributed by atoms with van der Waals surface area (Å²) >= 11 is 0. The summed E-state index contributed by atoms with van der Waals surface area (Å²) in [6.45, 7) is 6.11. The van der Waals surface area contributed by atoms with Gasteiger partial charge in [-0.25, -0.2) is 0 Å². The molecule has 1 aliphatic heterocycles. The molecule has 1 unspecified atom stereocenters. The quantitative estimate of drug-likeness (QED) is 0.608. The number of esters is 1. The minimum Gasteiger partial charge on any atom is -0.459 e. The predicted octanol–water partition coefficient (Wildman–Crippen LogP) is 2.52. The predicted molar refractivity (Wildman–Crippen MR) is 47.8 cm³/mol. The highest BCUT2D eigenvalue weighted by Crippen LogP contribution is 2.33. The Balaban J connectivity index is 2.42. The normalized spacial score (nSPS) is 27.2. The van der Waals surface area contributed by atoms with Crippen molar-refractivity contribution in [3.8, 4) is 0 Å². The fourth-order valence-corrected chi connectivity index (χ4v) is 1.74. The third-order valence-electron chi connectivity index (χ3n) is 2.35. The molecule has 0 radical (unpaired) electrons. The molecule has 1 aliphatic rings. The second-order valence-electron chi connectivity index (χ2n) is 4.22. The highest BCUT2D eigenvalue weighted by molar-refractivity contribution is 5.75. The zero-order valence-electron chi connectivity index (χ0n) is 8.22. The van der Waals surface area contributed by atoms with Crippen LogP contribution >= 0.6 is 0 Å². The van der Waals surface area contributed by atoms with Gasteiger partial charge in [0.2, 0.25) is 0 Å². The van der Waals surface area contributed by atoms with Crippen molar-refractivity contribution in [1.29, 1.82) is 0 Å². The molecule has 0 amide bonds. The van der Waals surface area contributed by atoms with E-state index in [1.165, 1.54) is 0 Å². The van der Waals surface area contributed by atoms with E-state index in [4.69, 9.17) is 4.74 Å². The molecule has 0 aromatic rings. The van der Waals surface area contributed by atoms with Gasteiger partial charge in [0.25, 0.3) is 0 Å². The van der Waals surface area contributed by atoms with E-state index in [1.807, 2.05) is 13.8 Å². The Morgan fingerprint density at radius 3 is 2.67 bits per heavy atom. The largest absolute Gasteiger partial charge is 0.459 e.